The number of aryl methyl sites for hydroxylation is 1. The maximum Gasteiger partial charge on any atom is 0.259 e. The minimum Gasteiger partial charge on any atom is -0.476 e. The molecule has 1 aliphatic rings. The number of carbonyl (C=O) groups is 1. The van der Waals surface area contributed by atoms with Gasteiger partial charge in [0.05, 0.1) is 17.9 Å². The molecule has 3 rings (SSSR count). The Bertz CT molecular complexity index is 858. The number of nitrogens with one attached hydrogen (secondary N) is 1. The number of pyridine rings is 1. The molecule has 2 heterocycles. The van der Waals surface area contributed by atoms with Crippen molar-refractivity contribution in [3.8, 4) is 5.75 Å². The summed E-state index contributed by atoms with van der Waals surface area (Å²) in [5, 5.41) is 4.89. The van der Waals surface area contributed by atoms with Crippen molar-refractivity contribution in [2.45, 2.75) is 31.8 Å². The molecule has 1 aromatic heterocycles. The molecule has 1 unspecified atom stereocenters. The standard InChI is InChI=1S/C20H23N3O3S/c1-13-11-16(18(21)23-17(13)12-25-3)19(24)22-14-5-7-15(8-6-14)26-20(2)9-4-10-27-20/h4-8,10-11H,9,12H2,1-3H3,(H2,21,23)(H,22,24). The molecule has 6 nitrogen and oxygen atoms in total. The molecule has 0 fully saturated rings. The minimum absolute atomic E-state index is 0.184. The fraction of sp³-hybridized carbons (Fsp3) is 0.300. The molecular weight excluding hydrogens is 362 g/mol. The molecule has 0 saturated carbocycles. The molecule has 7 heteroatoms. The molecule has 1 amide bonds. The van der Waals surface area contributed by atoms with Gasteiger partial charge in [-0.1, -0.05) is 17.8 Å². The summed E-state index contributed by atoms with van der Waals surface area (Å²) in [7, 11) is 1.59. The predicted molar refractivity (Wildman–Crippen MR) is 109 cm³/mol. The number of nitrogens with zero attached hydrogens (tertiary/aromatic N) is 1. The van der Waals surface area contributed by atoms with Gasteiger partial charge in [0.25, 0.3) is 5.91 Å². The van der Waals surface area contributed by atoms with Gasteiger partial charge in [0.1, 0.15) is 11.6 Å². The van der Waals surface area contributed by atoms with Crippen LogP contribution in [0.25, 0.3) is 0 Å². The van der Waals surface area contributed by atoms with Gasteiger partial charge in [0.2, 0.25) is 0 Å². The van der Waals surface area contributed by atoms with E-state index in [1.807, 2.05) is 24.5 Å². The molecule has 0 bridgehead atoms. The van der Waals surface area contributed by atoms with E-state index >= 15 is 0 Å². The fourth-order valence-electron chi connectivity index (χ4n) is 2.75. The second-order valence-corrected chi connectivity index (χ2v) is 7.90. The van der Waals surface area contributed by atoms with Crippen molar-refractivity contribution in [2.75, 3.05) is 18.2 Å². The van der Waals surface area contributed by atoms with Gasteiger partial charge in [-0.25, -0.2) is 4.98 Å². The third-order valence-corrected chi connectivity index (χ3v) is 5.30. The lowest BCUT2D eigenvalue weighted by Crippen LogP contribution is -2.24. The van der Waals surface area contributed by atoms with Gasteiger partial charge < -0.3 is 20.5 Å². The van der Waals surface area contributed by atoms with Crippen LogP contribution in [0.5, 0.6) is 5.75 Å². The van der Waals surface area contributed by atoms with Crippen molar-refractivity contribution in [3.63, 3.8) is 0 Å². The summed E-state index contributed by atoms with van der Waals surface area (Å²) < 4.78 is 11.1. The number of carbonyl (C=O) groups excluding carboxylic acids is 1. The summed E-state index contributed by atoms with van der Waals surface area (Å²) in [6.45, 7) is 4.28. The summed E-state index contributed by atoms with van der Waals surface area (Å²) in [5.41, 5.74) is 8.53. The molecule has 1 atom stereocenters. The van der Waals surface area contributed by atoms with Gasteiger partial charge in [-0.05, 0) is 55.2 Å². The van der Waals surface area contributed by atoms with E-state index < -0.39 is 0 Å². The number of nitrogen functional groups attached to an aromatic ring is 1. The first-order valence-corrected chi connectivity index (χ1v) is 9.46. The monoisotopic (exact) mass is 385 g/mol. The Morgan fingerprint density at radius 2 is 2.11 bits per heavy atom. The molecule has 1 aromatic carbocycles. The summed E-state index contributed by atoms with van der Waals surface area (Å²) in [4.78, 5) is 16.6. The van der Waals surface area contributed by atoms with Crippen LogP contribution < -0.4 is 15.8 Å². The molecule has 0 radical (unpaired) electrons. The number of nitrogens with two attached hydrogens (primary N) is 1. The number of aromatic nitrogens is 1. The van der Waals surface area contributed by atoms with Crippen LogP contribution in [-0.4, -0.2) is 22.9 Å². The van der Waals surface area contributed by atoms with E-state index in [-0.39, 0.29) is 16.7 Å². The van der Waals surface area contributed by atoms with Crippen LogP contribution in [0.1, 0.15) is 35.0 Å². The SMILES string of the molecule is COCc1nc(N)c(C(=O)Nc2ccc(OC3(C)CC=CS3)cc2)cc1C. The third-order valence-electron chi connectivity index (χ3n) is 4.22. The number of ether oxygens (including phenoxy) is 2. The van der Waals surface area contributed by atoms with E-state index in [9.17, 15) is 4.79 Å². The highest BCUT2D eigenvalue weighted by Gasteiger charge is 2.28. The topological polar surface area (TPSA) is 86.5 Å². The minimum atomic E-state index is -0.303. The number of anilines is 2. The number of methoxy groups -OCH3 is 1. The molecular formula is C20H23N3O3S. The lowest BCUT2D eigenvalue weighted by Gasteiger charge is -2.24. The van der Waals surface area contributed by atoms with Crippen LogP contribution in [0, 0.1) is 6.92 Å². The lowest BCUT2D eigenvalue weighted by atomic mass is 10.1. The lowest BCUT2D eigenvalue weighted by molar-refractivity contribution is 0.102. The van der Waals surface area contributed by atoms with E-state index in [4.69, 9.17) is 15.2 Å². The summed E-state index contributed by atoms with van der Waals surface area (Å²) >= 11 is 1.66. The normalized spacial score (nSPS) is 18.5. The van der Waals surface area contributed by atoms with Crippen molar-refractivity contribution >= 4 is 29.2 Å². The van der Waals surface area contributed by atoms with Crippen LogP contribution in [0.2, 0.25) is 0 Å². The Labute approximate surface area is 163 Å². The predicted octanol–water partition coefficient (Wildman–Crippen LogP) is 4.12. The molecule has 1 aliphatic heterocycles. The van der Waals surface area contributed by atoms with E-state index in [1.54, 1.807) is 37.1 Å². The summed E-state index contributed by atoms with van der Waals surface area (Å²) in [6, 6.07) is 9.02. The van der Waals surface area contributed by atoms with Crippen molar-refractivity contribution in [3.05, 3.63) is 58.6 Å². The maximum absolute atomic E-state index is 12.6. The molecule has 0 saturated heterocycles. The van der Waals surface area contributed by atoms with Crippen LogP contribution >= 0.6 is 11.8 Å². The third kappa shape index (κ3) is 4.61. The van der Waals surface area contributed by atoms with Gasteiger partial charge >= 0.3 is 0 Å². The number of amides is 1. The smallest absolute Gasteiger partial charge is 0.259 e. The van der Waals surface area contributed by atoms with Crippen molar-refractivity contribution in [2.24, 2.45) is 0 Å². The zero-order valence-electron chi connectivity index (χ0n) is 15.6. The molecule has 3 N–H and O–H groups in total. The van der Waals surface area contributed by atoms with Gasteiger partial charge in [-0.3, -0.25) is 4.79 Å². The van der Waals surface area contributed by atoms with Gasteiger partial charge in [0, 0.05) is 19.2 Å². The van der Waals surface area contributed by atoms with Crippen molar-refractivity contribution < 1.29 is 14.3 Å². The number of benzene rings is 1. The van der Waals surface area contributed by atoms with E-state index in [1.165, 1.54) is 0 Å². The molecule has 0 aliphatic carbocycles. The number of hydrogen-bond acceptors (Lipinski definition) is 6. The Kier molecular flexibility index (Phi) is 5.72. The van der Waals surface area contributed by atoms with E-state index in [2.05, 4.69) is 23.3 Å². The Hall–Kier alpha value is -2.51. The van der Waals surface area contributed by atoms with E-state index in [0.29, 0.717) is 17.9 Å². The van der Waals surface area contributed by atoms with E-state index in [0.717, 1.165) is 23.4 Å². The Morgan fingerprint density at radius 1 is 1.37 bits per heavy atom. The molecule has 2 aromatic rings. The highest BCUT2D eigenvalue weighted by Crippen LogP contribution is 2.38. The van der Waals surface area contributed by atoms with Crippen LogP contribution in [0.4, 0.5) is 11.5 Å². The second kappa shape index (κ2) is 8.02. The molecule has 142 valence electrons. The number of hydrogen-bond donors (Lipinski definition) is 2. The quantitative estimate of drug-likeness (QED) is 0.778. The van der Waals surface area contributed by atoms with Crippen LogP contribution in [-0.2, 0) is 11.3 Å². The average molecular weight is 385 g/mol. The second-order valence-electron chi connectivity index (χ2n) is 6.53. The van der Waals surface area contributed by atoms with Crippen LogP contribution in [0.15, 0.2) is 41.8 Å². The van der Waals surface area contributed by atoms with Crippen LogP contribution in [0.3, 0.4) is 0 Å². The molecule has 27 heavy (non-hydrogen) atoms. The summed E-state index contributed by atoms with van der Waals surface area (Å²) in [6.07, 6.45) is 2.96. The highest BCUT2D eigenvalue weighted by molar-refractivity contribution is 8.03. The Morgan fingerprint density at radius 3 is 2.74 bits per heavy atom. The number of thioether (sulfide) groups is 1. The molecule has 0 spiro atoms. The number of rotatable bonds is 6. The summed E-state index contributed by atoms with van der Waals surface area (Å²) in [5.74, 6) is 0.639. The van der Waals surface area contributed by atoms with Crippen molar-refractivity contribution in [1.82, 2.24) is 4.98 Å². The highest BCUT2D eigenvalue weighted by atomic mass is 32.2. The van der Waals surface area contributed by atoms with Crippen molar-refractivity contribution in [1.29, 1.82) is 0 Å². The zero-order chi connectivity index (χ0) is 19.4. The largest absolute Gasteiger partial charge is 0.476 e. The van der Waals surface area contributed by atoms with Gasteiger partial charge in [-0.2, -0.15) is 0 Å². The first kappa shape index (κ1) is 19.3. The average Bonchev–Trinajstić information content (AvgIpc) is 3.06. The zero-order valence-corrected chi connectivity index (χ0v) is 16.4. The first-order valence-electron chi connectivity index (χ1n) is 8.58. The van der Waals surface area contributed by atoms with Gasteiger partial charge in [0.15, 0.2) is 4.93 Å². The Balaban J connectivity index is 1.68. The van der Waals surface area contributed by atoms with Gasteiger partial charge in [-0.15, -0.1) is 0 Å². The maximum atomic E-state index is 12.6. The first-order chi connectivity index (χ1) is 12.9. The fourth-order valence-corrected chi connectivity index (χ4v) is 3.57.